The summed E-state index contributed by atoms with van der Waals surface area (Å²) in [6.45, 7) is 2.29. The van der Waals surface area contributed by atoms with Crippen molar-refractivity contribution < 1.29 is 17.9 Å². The maximum atomic E-state index is 13.5. The van der Waals surface area contributed by atoms with E-state index in [1.807, 2.05) is 25.1 Å². The van der Waals surface area contributed by atoms with Crippen LogP contribution in [0.1, 0.15) is 12.1 Å². The monoisotopic (exact) mass is 542 g/mol. The molecule has 2 heterocycles. The van der Waals surface area contributed by atoms with E-state index in [0.717, 1.165) is 22.3 Å². The molecule has 4 aromatic rings. The molecule has 0 aliphatic heterocycles. The number of nitrogens with zero attached hydrogens (tertiary/aromatic N) is 3. The van der Waals surface area contributed by atoms with Crippen molar-refractivity contribution in [3.63, 3.8) is 0 Å². The number of carbonyl (C=O) groups excluding carboxylic acids is 1. The van der Waals surface area contributed by atoms with Gasteiger partial charge in [-0.25, -0.2) is 8.42 Å². The lowest BCUT2D eigenvalue weighted by molar-refractivity contribution is -0.116. The highest BCUT2D eigenvalue weighted by Crippen LogP contribution is 2.26. The Morgan fingerprint density at radius 1 is 1.11 bits per heavy atom. The summed E-state index contributed by atoms with van der Waals surface area (Å²) in [5.41, 5.74) is 2.39. The minimum Gasteiger partial charge on any atom is -0.497 e. The Kier molecular flexibility index (Phi) is 8.27. The third-order valence-electron chi connectivity index (χ3n) is 5.64. The molecule has 0 saturated heterocycles. The average molecular weight is 543 g/mol. The van der Waals surface area contributed by atoms with Crippen LogP contribution in [0.3, 0.4) is 0 Å². The number of ether oxygens (including phenoxy) is 1. The normalized spacial score (nSPS) is 11.6. The Morgan fingerprint density at radius 3 is 2.59 bits per heavy atom. The fraction of sp³-hybridized carbons (Fsp3) is 0.240. The number of anilines is 2. The van der Waals surface area contributed by atoms with Gasteiger partial charge in [0.15, 0.2) is 0 Å². The van der Waals surface area contributed by atoms with Gasteiger partial charge >= 0.3 is 0 Å². The highest BCUT2D eigenvalue weighted by molar-refractivity contribution is 7.89. The molecule has 12 heteroatoms. The lowest BCUT2D eigenvalue weighted by Gasteiger charge is -2.23. The molecule has 1 amide bonds. The summed E-state index contributed by atoms with van der Waals surface area (Å²) in [4.78, 5) is 17.1. The number of aryl methyl sites for hydroxylation is 1. The van der Waals surface area contributed by atoms with Crippen molar-refractivity contribution in [3.8, 4) is 5.75 Å². The summed E-state index contributed by atoms with van der Waals surface area (Å²) in [5, 5.41) is 13.8. The predicted molar refractivity (Wildman–Crippen MR) is 144 cm³/mol. The van der Waals surface area contributed by atoms with E-state index in [-0.39, 0.29) is 30.3 Å². The molecule has 0 atom stereocenters. The Bertz CT molecular complexity index is 1480. The standard InChI is InChI=1S/C25H27ClN6O4S/c1-17-15-23(21-16-18(26)3-8-22(21)29-17)27-12-14-32(13-10-25(33)30-24-9-11-28-31-24)37(34,35)20-6-4-19(36-2)5-7-20/h3-9,11,15-16H,10,12-14H2,1-2H3,(H,27,29)(H2,28,30,31,33). The fourth-order valence-electron chi connectivity index (χ4n) is 3.81. The van der Waals surface area contributed by atoms with Crippen molar-refractivity contribution in [2.24, 2.45) is 0 Å². The smallest absolute Gasteiger partial charge is 0.243 e. The Hall–Kier alpha value is -3.67. The van der Waals surface area contributed by atoms with Crippen LogP contribution in [-0.4, -0.2) is 60.6 Å². The van der Waals surface area contributed by atoms with Gasteiger partial charge in [0.1, 0.15) is 11.6 Å². The van der Waals surface area contributed by atoms with Gasteiger partial charge in [-0.1, -0.05) is 11.6 Å². The topological polar surface area (TPSA) is 129 Å². The van der Waals surface area contributed by atoms with Crippen molar-refractivity contribution in [2.75, 3.05) is 37.4 Å². The van der Waals surface area contributed by atoms with Crippen molar-refractivity contribution >= 4 is 49.9 Å². The minimum absolute atomic E-state index is 0.0159. The van der Waals surface area contributed by atoms with Crippen molar-refractivity contribution in [1.82, 2.24) is 19.5 Å². The van der Waals surface area contributed by atoms with Gasteiger partial charge in [-0.3, -0.25) is 14.9 Å². The van der Waals surface area contributed by atoms with Crippen LogP contribution in [0.2, 0.25) is 5.02 Å². The molecule has 194 valence electrons. The molecule has 0 aliphatic rings. The third-order valence-corrected chi connectivity index (χ3v) is 7.78. The SMILES string of the molecule is COc1ccc(S(=O)(=O)N(CCNc2cc(C)nc3ccc(Cl)cc23)CCC(=O)Nc2ccn[nH]2)cc1. The van der Waals surface area contributed by atoms with E-state index in [1.165, 1.54) is 29.7 Å². The van der Waals surface area contributed by atoms with Crippen LogP contribution >= 0.6 is 11.6 Å². The van der Waals surface area contributed by atoms with Crippen molar-refractivity contribution in [2.45, 2.75) is 18.2 Å². The number of halogens is 1. The van der Waals surface area contributed by atoms with Gasteiger partial charge < -0.3 is 15.4 Å². The molecule has 3 N–H and O–H groups in total. The first-order valence-electron chi connectivity index (χ1n) is 11.5. The average Bonchev–Trinajstić information content (AvgIpc) is 3.39. The van der Waals surface area contributed by atoms with Crippen LogP contribution in [-0.2, 0) is 14.8 Å². The summed E-state index contributed by atoms with van der Waals surface area (Å²) in [6, 6.07) is 15.1. The van der Waals surface area contributed by atoms with Crippen LogP contribution < -0.4 is 15.4 Å². The number of aromatic nitrogens is 3. The Labute approximate surface area is 220 Å². The summed E-state index contributed by atoms with van der Waals surface area (Å²) < 4.78 is 33.4. The molecular weight excluding hydrogens is 516 g/mol. The van der Waals surface area contributed by atoms with Crippen LogP contribution in [0.25, 0.3) is 10.9 Å². The molecule has 0 saturated carbocycles. The number of sulfonamides is 1. The number of benzene rings is 2. The van der Waals surface area contributed by atoms with Gasteiger partial charge in [0.05, 0.1) is 23.7 Å². The number of hydrogen-bond acceptors (Lipinski definition) is 7. The van der Waals surface area contributed by atoms with E-state index in [4.69, 9.17) is 16.3 Å². The first kappa shape index (κ1) is 26.4. The van der Waals surface area contributed by atoms with Gasteiger partial charge in [0, 0.05) is 53.9 Å². The van der Waals surface area contributed by atoms with Crippen LogP contribution in [0, 0.1) is 6.92 Å². The highest BCUT2D eigenvalue weighted by Gasteiger charge is 2.25. The molecule has 4 rings (SSSR count). The molecular formula is C25H27ClN6O4S. The lowest BCUT2D eigenvalue weighted by Crippen LogP contribution is -2.37. The number of H-pyrrole nitrogens is 1. The van der Waals surface area contributed by atoms with E-state index in [2.05, 4.69) is 25.8 Å². The van der Waals surface area contributed by atoms with Crippen molar-refractivity contribution in [1.29, 1.82) is 0 Å². The second-order valence-electron chi connectivity index (χ2n) is 8.25. The predicted octanol–water partition coefficient (Wildman–Crippen LogP) is 4.06. The largest absolute Gasteiger partial charge is 0.497 e. The number of fused-ring (bicyclic) bond motifs is 1. The van der Waals surface area contributed by atoms with Gasteiger partial charge in [-0.2, -0.15) is 9.40 Å². The molecule has 0 radical (unpaired) electrons. The summed E-state index contributed by atoms with van der Waals surface area (Å²) in [6.07, 6.45) is 1.47. The van der Waals surface area contributed by atoms with Gasteiger partial charge in [-0.05, 0) is 55.5 Å². The second kappa shape index (κ2) is 11.6. The molecule has 2 aromatic heterocycles. The number of pyridine rings is 1. The number of rotatable bonds is 11. The molecule has 37 heavy (non-hydrogen) atoms. The number of hydrogen-bond donors (Lipinski definition) is 3. The Morgan fingerprint density at radius 2 is 1.89 bits per heavy atom. The zero-order valence-electron chi connectivity index (χ0n) is 20.4. The summed E-state index contributed by atoms with van der Waals surface area (Å²) >= 11 is 6.19. The van der Waals surface area contributed by atoms with E-state index in [1.54, 1.807) is 24.3 Å². The van der Waals surface area contributed by atoms with E-state index >= 15 is 0 Å². The number of carbonyl (C=O) groups is 1. The van der Waals surface area contributed by atoms with Crippen LogP contribution in [0.5, 0.6) is 5.75 Å². The number of methoxy groups -OCH3 is 1. The van der Waals surface area contributed by atoms with E-state index in [0.29, 0.717) is 23.1 Å². The van der Waals surface area contributed by atoms with Gasteiger partial charge in [0.25, 0.3) is 0 Å². The summed E-state index contributed by atoms with van der Waals surface area (Å²) in [5.74, 6) is 0.650. The zero-order valence-corrected chi connectivity index (χ0v) is 21.9. The number of nitrogens with one attached hydrogen (secondary N) is 3. The molecule has 0 aliphatic carbocycles. The van der Waals surface area contributed by atoms with Crippen molar-refractivity contribution in [3.05, 3.63) is 71.5 Å². The molecule has 2 aromatic carbocycles. The van der Waals surface area contributed by atoms with Gasteiger partial charge in [-0.15, -0.1) is 0 Å². The fourth-order valence-corrected chi connectivity index (χ4v) is 5.42. The quantitative estimate of drug-likeness (QED) is 0.260. The molecule has 0 fully saturated rings. The molecule has 10 nitrogen and oxygen atoms in total. The molecule has 0 unspecified atom stereocenters. The number of amides is 1. The van der Waals surface area contributed by atoms with E-state index < -0.39 is 10.0 Å². The zero-order chi connectivity index (χ0) is 26.4. The van der Waals surface area contributed by atoms with Gasteiger partial charge in [0.2, 0.25) is 15.9 Å². The second-order valence-corrected chi connectivity index (χ2v) is 10.6. The molecule has 0 spiro atoms. The first-order valence-corrected chi connectivity index (χ1v) is 13.3. The van der Waals surface area contributed by atoms with Crippen LogP contribution in [0.15, 0.2) is 65.7 Å². The maximum Gasteiger partial charge on any atom is 0.243 e. The van der Waals surface area contributed by atoms with E-state index in [9.17, 15) is 13.2 Å². The highest BCUT2D eigenvalue weighted by atomic mass is 35.5. The molecule has 0 bridgehead atoms. The summed E-state index contributed by atoms with van der Waals surface area (Å²) in [7, 11) is -2.38. The lowest BCUT2D eigenvalue weighted by atomic mass is 10.1. The Balaban J connectivity index is 1.52. The third kappa shape index (κ3) is 6.56. The minimum atomic E-state index is -3.89. The maximum absolute atomic E-state index is 13.5. The first-order chi connectivity index (χ1) is 17.8. The number of aromatic amines is 1. The van der Waals surface area contributed by atoms with Crippen LogP contribution in [0.4, 0.5) is 11.5 Å².